The first-order valence-corrected chi connectivity index (χ1v) is 9.90. The van der Waals surface area contributed by atoms with Crippen molar-refractivity contribution >= 4 is 17.6 Å². The summed E-state index contributed by atoms with van der Waals surface area (Å²) in [4.78, 5) is 25.2. The molecule has 0 N–H and O–H groups in total. The molecule has 5 nitrogen and oxygen atoms in total. The van der Waals surface area contributed by atoms with E-state index in [2.05, 4.69) is 0 Å². The second-order valence-corrected chi connectivity index (χ2v) is 7.40. The lowest BCUT2D eigenvalue weighted by molar-refractivity contribution is 0.0920. The topological polar surface area (TPSA) is 61.8 Å². The van der Waals surface area contributed by atoms with Crippen LogP contribution < -0.4 is 14.2 Å². The zero-order valence-electron chi connectivity index (χ0n) is 17.6. The molecule has 3 aromatic carbocycles. The van der Waals surface area contributed by atoms with E-state index >= 15 is 0 Å². The van der Waals surface area contributed by atoms with Crippen molar-refractivity contribution in [2.75, 3.05) is 13.7 Å². The van der Waals surface area contributed by atoms with Gasteiger partial charge in [-0.1, -0.05) is 29.8 Å². The van der Waals surface area contributed by atoms with Gasteiger partial charge in [0.1, 0.15) is 17.2 Å². The standard InChI is InChI=1S/C26H22O5/c1-16-4-6-18(7-5-16)13-24-26(28)25-17(2)12-21(14-23(25)31-24)30-15-22(27)19-8-10-20(29-3)11-9-19/h4-14H,15H2,1-3H3/b24-13-. The summed E-state index contributed by atoms with van der Waals surface area (Å²) in [5.41, 5.74) is 3.83. The van der Waals surface area contributed by atoms with E-state index in [0.717, 1.165) is 16.7 Å². The molecule has 0 unspecified atom stereocenters. The smallest absolute Gasteiger partial charge is 0.232 e. The van der Waals surface area contributed by atoms with Gasteiger partial charge in [0.2, 0.25) is 5.78 Å². The number of aryl methyl sites for hydroxylation is 2. The van der Waals surface area contributed by atoms with Crippen LogP contribution in [0.15, 0.2) is 66.4 Å². The molecule has 0 amide bonds. The molecule has 0 aromatic heterocycles. The molecule has 0 fully saturated rings. The number of carbonyl (C=O) groups excluding carboxylic acids is 2. The molecule has 0 spiro atoms. The average molecular weight is 414 g/mol. The van der Waals surface area contributed by atoms with Crippen molar-refractivity contribution in [3.8, 4) is 17.2 Å². The highest BCUT2D eigenvalue weighted by Crippen LogP contribution is 2.37. The predicted molar refractivity (Wildman–Crippen MR) is 118 cm³/mol. The summed E-state index contributed by atoms with van der Waals surface area (Å²) in [7, 11) is 1.57. The van der Waals surface area contributed by atoms with Gasteiger partial charge < -0.3 is 14.2 Å². The van der Waals surface area contributed by atoms with Gasteiger partial charge in [-0.25, -0.2) is 0 Å². The lowest BCUT2D eigenvalue weighted by Crippen LogP contribution is -2.11. The Morgan fingerprint density at radius 1 is 0.968 bits per heavy atom. The van der Waals surface area contributed by atoms with Crippen molar-refractivity contribution in [1.82, 2.24) is 0 Å². The predicted octanol–water partition coefficient (Wildman–Crippen LogP) is 5.19. The number of fused-ring (bicyclic) bond motifs is 1. The fourth-order valence-electron chi connectivity index (χ4n) is 3.38. The molecular weight excluding hydrogens is 392 g/mol. The lowest BCUT2D eigenvalue weighted by Gasteiger charge is -2.09. The fraction of sp³-hybridized carbons (Fsp3) is 0.154. The van der Waals surface area contributed by atoms with Crippen molar-refractivity contribution in [3.63, 3.8) is 0 Å². The first kappa shape index (κ1) is 20.4. The molecule has 1 aliphatic rings. The Morgan fingerprint density at radius 3 is 2.35 bits per heavy atom. The van der Waals surface area contributed by atoms with Gasteiger partial charge in [0.15, 0.2) is 18.1 Å². The zero-order valence-corrected chi connectivity index (χ0v) is 17.6. The third kappa shape index (κ3) is 4.36. The van der Waals surface area contributed by atoms with Gasteiger partial charge in [-0.05, 0) is 61.4 Å². The number of allylic oxidation sites excluding steroid dienone is 1. The molecule has 156 valence electrons. The van der Waals surface area contributed by atoms with Gasteiger partial charge in [-0.15, -0.1) is 0 Å². The number of rotatable bonds is 6. The molecule has 31 heavy (non-hydrogen) atoms. The number of benzene rings is 3. The van der Waals surface area contributed by atoms with E-state index in [-0.39, 0.29) is 23.9 Å². The zero-order chi connectivity index (χ0) is 22.0. The Kier molecular flexibility index (Phi) is 5.58. The third-order valence-electron chi connectivity index (χ3n) is 5.10. The number of hydrogen-bond acceptors (Lipinski definition) is 5. The maximum atomic E-state index is 12.8. The molecule has 0 saturated carbocycles. The first-order chi connectivity index (χ1) is 14.9. The highest BCUT2D eigenvalue weighted by atomic mass is 16.5. The summed E-state index contributed by atoms with van der Waals surface area (Å²) < 4.78 is 16.6. The minimum atomic E-state index is -0.158. The van der Waals surface area contributed by atoms with Crippen LogP contribution in [0.25, 0.3) is 6.08 Å². The summed E-state index contributed by atoms with van der Waals surface area (Å²) in [6, 6.07) is 18.1. The van der Waals surface area contributed by atoms with Crippen LogP contribution in [0.5, 0.6) is 17.2 Å². The van der Waals surface area contributed by atoms with Gasteiger partial charge in [-0.3, -0.25) is 9.59 Å². The van der Waals surface area contributed by atoms with Crippen LogP contribution in [0.2, 0.25) is 0 Å². The molecule has 5 heteroatoms. The summed E-state index contributed by atoms with van der Waals surface area (Å²) in [6.07, 6.45) is 1.73. The van der Waals surface area contributed by atoms with E-state index in [1.54, 1.807) is 49.6 Å². The van der Waals surface area contributed by atoms with E-state index in [1.807, 2.05) is 38.1 Å². The summed E-state index contributed by atoms with van der Waals surface area (Å²) in [5.74, 6) is 1.56. The second-order valence-electron chi connectivity index (χ2n) is 7.40. The summed E-state index contributed by atoms with van der Waals surface area (Å²) in [6.45, 7) is 3.71. The van der Waals surface area contributed by atoms with Crippen LogP contribution in [0.1, 0.15) is 37.4 Å². The Morgan fingerprint density at radius 2 is 1.68 bits per heavy atom. The highest BCUT2D eigenvalue weighted by Gasteiger charge is 2.30. The Labute approximate surface area is 180 Å². The van der Waals surface area contributed by atoms with Gasteiger partial charge in [0.05, 0.1) is 12.7 Å². The van der Waals surface area contributed by atoms with E-state index in [0.29, 0.717) is 28.4 Å². The number of Topliss-reactive ketones (excluding diaryl/α,β-unsaturated/α-hetero) is 2. The third-order valence-corrected chi connectivity index (χ3v) is 5.10. The second kappa shape index (κ2) is 8.48. The van der Waals surface area contributed by atoms with Crippen molar-refractivity contribution in [2.24, 2.45) is 0 Å². The lowest BCUT2D eigenvalue weighted by atomic mass is 10.0. The molecular formula is C26H22O5. The van der Waals surface area contributed by atoms with E-state index < -0.39 is 0 Å². The van der Waals surface area contributed by atoms with Crippen LogP contribution >= 0.6 is 0 Å². The maximum Gasteiger partial charge on any atom is 0.232 e. The SMILES string of the molecule is COc1ccc(C(=O)COc2cc(C)c3c(c2)O/C(=C\c2ccc(C)cc2)C3=O)cc1. The van der Waals surface area contributed by atoms with Crippen molar-refractivity contribution < 1.29 is 23.8 Å². The average Bonchev–Trinajstić information content (AvgIpc) is 3.09. The minimum Gasteiger partial charge on any atom is -0.497 e. The van der Waals surface area contributed by atoms with Gasteiger partial charge >= 0.3 is 0 Å². The Bertz CT molecular complexity index is 1170. The van der Waals surface area contributed by atoms with E-state index in [9.17, 15) is 9.59 Å². The molecule has 0 bridgehead atoms. The van der Waals surface area contributed by atoms with Crippen LogP contribution in [0, 0.1) is 13.8 Å². The normalized spacial score (nSPS) is 13.6. The van der Waals surface area contributed by atoms with Gasteiger partial charge in [0.25, 0.3) is 0 Å². The molecule has 0 aliphatic carbocycles. The van der Waals surface area contributed by atoms with Crippen LogP contribution in [0.4, 0.5) is 0 Å². The molecule has 3 aromatic rings. The minimum absolute atomic E-state index is 0.120. The van der Waals surface area contributed by atoms with E-state index in [1.165, 1.54) is 0 Å². The molecule has 1 aliphatic heterocycles. The van der Waals surface area contributed by atoms with Crippen molar-refractivity contribution in [1.29, 1.82) is 0 Å². The number of ether oxygens (including phenoxy) is 3. The number of carbonyl (C=O) groups is 2. The summed E-state index contributed by atoms with van der Waals surface area (Å²) >= 11 is 0. The monoisotopic (exact) mass is 414 g/mol. The number of hydrogen-bond donors (Lipinski definition) is 0. The maximum absolute atomic E-state index is 12.8. The van der Waals surface area contributed by atoms with E-state index in [4.69, 9.17) is 14.2 Å². The van der Waals surface area contributed by atoms with Crippen LogP contribution in [-0.4, -0.2) is 25.3 Å². The highest BCUT2D eigenvalue weighted by molar-refractivity contribution is 6.15. The van der Waals surface area contributed by atoms with Crippen LogP contribution in [-0.2, 0) is 0 Å². The van der Waals surface area contributed by atoms with Gasteiger partial charge in [0, 0.05) is 11.6 Å². The summed E-state index contributed by atoms with van der Waals surface area (Å²) in [5, 5.41) is 0. The molecule has 0 saturated heterocycles. The van der Waals surface area contributed by atoms with Gasteiger partial charge in [-0.2, -0.15) is 0 Å². The quantitative estimate of drug-likeness (QED) is 0.410. The Balaban J connectivity index is 1.49. The molecule has 1 heterocycles. The Hall–Kier alpha value is -3.86. The number of ketones is 2. The largest absolute Gasteiger partial charge is 0.497 e. The van der Waals surface area contributed by atoms with Crippen molar-refractivity contribution in [2.45, 2.75) is 13.8 Å². The van der Waals surface area contributed by atoms with Crippen LogP contribution in [0.3, 0.4) is 0 Å². The van der Waals surface area contributed by atoms with Crippen molar-refractivity contribution in [3.05, 3.63) is 94.2 Å². The fourth-order valence-corrected chi connectivity index (χ4v) is 3.38. The number of methoxy groups -OCH3 is 1. The molecule has 4 rings (SSSR count). The molecule has 0 radical (unpaired) electrons. The molecule has 0 atom stereocenters. The first-order valence-electron chi connectivity index (χ1n) is 9.90.